The number of halogens is 1. The minimum absolute atomic E-state index is 0.0491. The van der Waals surface area contributed by atoms with Crippen molar-refractivity contribution in [3.8, 4) is 5.75 Å². The van der Waals surface area contributed by atoms with Crippen molar-refractivity contribution < 1.29 is 19.5 Å². The molecule has 130 valence electrons. The van der Waals surface area contributed by atoms with E-state index in [2.05, 4.69) is 0 Å². The van der Waals surface area contributed by atoms with Gasteiger partial charge in [-0.15, -0.1) is 0 Å². The first-order valence-corrected chi connectivity index (χ1v) is 9.78. The lowest BCUT2D eigenvalue weighted by molar-refractivity contribution is 0.0696. The van der Waals surface area contributed by atoms with Crippen molar-refractivity contribution >= 4 is 31.3 Å². The maximum absolute atomic E-state index is 11.5. The summed E-state index contributed by atoms with van der Waals surface area (Å²) in [7, 11) is -0.892. The van der Waals surface area contributed by atoms with Gasteiger partial charge in [-0.3, -0.25) is 0 Å². The van der Waals surface area contributed by atoms with Crippen LogP contribution in [0.5, 0.6) is 5.75 Å². The fourth-order valence-corrected chi connectivity index (χ4v) is 5.24. The molecule has 0 aromatic heterocycles. The maximum atomic E-state index is 11.5. The Morgan fingerprint density at radius 1 is 1.32 bits per heavy atom. The third-order valence-electron chi connectivity index (χ3n) is 4.23. The van der Waals surface area contributed by atoms with Crippen LogP contribution in [0.25, 0.3) is 5.57 Å². The first kappa shape index (κ1) is 17.9. The van der Waals surface area contributed by atoms with E-state index in [9.17, 15) is 15.0 Å². The highest BCUT2D eigenvalue weighted by atomic mass is 35.5. The Morgan fingerprint density at radius 2 is 2.08 bits per heavy atom. The van der Waals surface area contributed by atoms with Gasteiger partial charge in [0.05, 0.1) is 13.7 Å². The van der Waals surface area contributed by atoms with Crippen molar-refractivity contribution in [2.24, 2.45) is 0 Å². The van der Waals surface area contributed by atoms with Gasteiger partial charge in [-0.2, -0.15) is 0 Å². The molecule has 1 atom stereocenters. The summed E-state index contributed by atoms with van der Waals surface area (Å²) in [5.41, 5.74) is 3.88. The minimum Gasteiger partial charge on any atom is -0.507 e. The van der Waals surface area contributed by atoms with Crippen molar-refractivity contribution in [1.82, 2.24) is 0 Å². The monoisotopic (exact) mass is 376 g/mol. The number of fused-ring (bicyclic) bond motifs is 1. The summed E-state index contributed by atoms with van der Waals surface area (Å²) in [5.74, 6) is 1.03. The molecule has 0 bridgehead atoms. The number of aromatic carboxylic acids is 1. The number of hydrogen-bond acceptors (Lipinski definition) is 3. The third kappa shape index (κ3) is 3.30. The Labute approximate surface area is 152 Å². The van der Waals surface area contributed by atoms with Gasteiger partial charge < -0.3 is 14.7 Å². The van der Waals surface area contributed by atoms with Crippen LogP contribution in [-0.4, -0.2) is 22.8 Å². The molecule has 25 heavy (non-hydrogen) atoms. The van der Waals surface area contributed by atoms with E-state index < -0.39 is 14.1 Å². The quantitative estimate of drug-likeness (QED) is 0.702. The number of carboxylic acid groups (broad SMARTS) is 1. The van der Waals surface area contributed by atoms with Crippen molar-refractivity contribution in [2.45, 2.75) is 20.0 Å². The molecule has 1 aliphatic heterocycles. The van der Waals surface area contributed by atoms with Crippen molar-refractivity contribution in [1.29, 1.82) is 0 Å². The summed E-state index contributed by atoms with van der Waals surface area (Å²) in [6.07, 6.45) is 0.708. The van der Waals surface area contributed by atoms with Gasteiger partial charge in [0.2, 0.25) is 0 Å². The molecule has 0 spiro atoms. The molecule has 0 saturated heterocycles. The molecule has 6 heteroatoms. The highest BCUT2D eigenvalue weighted by molar-refractivity contribution is 7.55. The zero-order valence-electron chi connectivity index (χ0n) is 13.9. The lowest BCUT2D eigenvalue weighted by atomic mass is 9.90. The molecular formula is C19H18ClO4P. The molecule has 1 aliphatic rings. The van der Waals surface area contributed by atoms with Gasteiger partial charge in [0, 0.05) is 23.4 Å². The molecule has 4 nitrogen and oxygen atoms in total. The normalized spacial score (nSPS) is 16.3. The molecule has 1 heterocycles. The Bertz CT molecular complexity index is 876. The molecule has 2 aromatic rings. The van der Waals surface area contributed by atoms with Gasteiger partial charge >= 0.3 is 5.97 Å². The molecule has 2 N–H and O–H groups in total. The number of phenols is 1. The SMILES string of the molecule is CCOP1C=C(c2c(O)ccc(C(=O)O)c2C)c2cccc(Cl)c2C1. The maximum Gasteiger partial charge on any atom is 0.335 e. The van der Waals surface area contributed by atoms with Crippen LogP contribution >= 0.6 is 19.7 Å². The van der Waals surface area contributed by atoms with Crippen molar-refractivity contribution in [3.05, 3.63) is 69.0 Å². The molecule has 3 rings (SSSR count). The highest BCUT2D eigenvalue weighted by Crippen LogP contribution is 2.54. The second kappa shape index (κ2) is 7.17. The number of carbonyl (C=O) groups is 1. The van der Waals surface area contributed by atoms with Crippen LogP contribution in [0.15, 0.2) is 36.1 Å². The van der Waals surface area contributed by atoms with Crippen LogP contribution in [0.2, 0.25) is 5.02 Å². The zero-order valence-corrected chi connectivity index (χ0v) is 15.6. The lowest BCUT2D eigenvalue weighted by Crippen LogP contribution is -2.07. The summed E-state index contributed by atoms with van der Waals surface area (Å²) < 4.78 is 5.84. The van der Waals surface area contributed by atoms with Gasteiger partial charge in [0.15, 0.2) is 0 Å². The summed E-state index contributed by atoms with van der Waals surface area (Å²) in [4.78, 5) is 11.5. The van der Waals surface area contributed by atoms with E-state index >= 15 is 0 Å². The number of hydrogen-bond donors (Lipinski definition) is 2. The molecule has 1 unspecified atom stereocenters. The summed E-state index contributed by atoms with van der Waals surface area (Å²) >= 11 is 6.39. The topological polar surface area (TPSA) is 66.8 Å². The number of carboxylic acids is 1. The molecule has 2 aromatic carbocycles. The fraction of sp³-hybridized carbons (Fsp3) is 0.211. The number of phenolic OH excluding ortho intramolecular Hbond substituents is 1. The fourth-order valence-electron chi connectivity index (χ4n) is 3.10. The third-order valence-corrected chi connectivity index (χ3v) is 6.35. The average Bonchev–Trinajstić information content (AvgIpc) is 2.56. The van der Waals surface area contributed by atoms with Crippen LogP contribution in [-0.2, 0) is 10.7 Å². The van der Waals surface area contributed by atoms with Gasteiger partial charge in [0.25, 0.3) is 0 Å². The zero-order chi connectivity index (χ0) is 18.1. The summed E-state index contributed by atoms with van der Waals surface area (Å²) in [6, 6.07) is 8.48. The standard InChI is InChI=1S/C19H18ClO4P/c1-3-24-25-9-14-13(5-4-6-16(14)20)15(10-25)18-11(2)12(19(22)23)7-8-17(18)21/h4-8,10,21H,3,9H2,1-2H3,(H,22,23). The van der Waals surface area contributed by atoms with E-state index in [1.807, 2.05) is 30.9 Å². The van der Waals surface area contributed by atoms with Crippen molar-refractivity contribution in [2.75, 3.05) is 6.61 Å². The largest absolute Gasteiger partial charge is 0.507 e. The lowest BCUT2D eigenvalue weighted by Gasteiger charge is -2.26. The highest BCUT2D eigenvalue weighted by Gasteiger charge is 2.26. The molecule has 0 aliphatic carbocycles. The van der Waals surface area contributed by atoms with Crippen molar-refractivity contribution in [3.63, 3.8) is 0 Å². The van der Waals surface area contributed by atoms with E-state index in [1.165, 1.54) is 12.1 Å². The second-order valence-electron chi connectivity index (χ2n) is 5.74. The van der Waals surface area contributed by atoms with Crippen LogP contribution < -0.4 is 0 Å². The molecular weight excluding hydrogens is 359 g/mol. The van der Waals surface area contributed by atoms with E-state index in [0.29, 0.717) is 28.9 Å². The predicted molar refractivity (Wildman–Crippen MR) is 101 cm³/mol. The van der Waals surface area contributed by atoms with Crippen LogP contribution in [0, 0.1) is 6.92 Å². The van der Waals surface area contributed by atoms with Crippen LogP contribution in [0.4, 0.5) is 0 Å². The van der Waals surface area contributed by atoms with E-state index in [-0.39, 0.29) is 11.3 Å². The average molecular weight is 377 g/mol. The molecule has 0 amide bonds. The first-order chi connectivity index (χ1) is 11.9. The summed E-state index contributed by atoms with van der Waals surface area (Å²) in [6.45, 7) is 4.22. The minimum atomic E-state index is -1.02. The Balaban J connectivity index is 2.26. The Hall–Kier alpha value is -1.87. The van der Waals surface area contributed by atoms with Gasteiger partial charge in [-0.25, -0.2) is 4.79 Å². The number of benzene rings is 2. The Kier molecular flexibility index (Phi) is 5.14. The Morgan fingerprint density at radius 3 is 2.76 bits per heavy atom. The molecule has 0 saturated carbocycles. The summed E-state index contributed by atoms with van der Waals surface area (Å²) in [5, 5.41) is 20.5. The first-order valence-electron chi connectivity index (χ1n) is 7.89. The van der Waals surface area contributed by atoms with E-state index in [4.69, 9.17) is 16.1 Å². The number of rotatable bonds is 4. The van der Waals surface area contributed by atoms with Gasteiger partial charge in [0.1, 0.15) is 5.75 Å². The van der Waals surface area contributed by atoms with E-state index in [1.54, 1.807) is 6.92 Å². The predicted octanol–water partition coefficient (Wildman–Crippen LogP) is 5.39. The molecule has 0 fully saturated rings. The molecule has 0 radical (unpaired) electrons. The van der Waals surface area contributed by atoms with E-state index in [0.717, 1.165) is 16.7 Å². The second-order valence-corrected chi connectivity index (χ2v) is 7.81. The van der Waals surface area contributed by atoms with Gasteiger partial charge in [-0.05, 0) is 60.1 Å². The smallest absolute Gasteiger partial charge is 0.335 e. The van der Waals surface area contributed by atoms with Crippen LogP contribution in [0.1, 0.15) is 39.5 Å². The van der Waals surface area contributed by atoms with Gasteiger partial charge in [-0.1, -0.05) is 23.7 Å². The van der Waals surface area contributed by atoms with Crippen LogP contribution in [0.3, 0.4) is 0 Å². The number of aromatic hydroxyl groups is 1.